The van der Waals surface area contributed by atoms with Crippen LogP contribution in [0.15, 0.2) is 0 Å². The molecule has 5 nitrogen and oxygen atoms in total. The maximum Gasteiger partial charge on any atom is 0.407 e. The van der Waals surface area contributed by atoms with Crippen LogP contribution in [0.4, 0.5) is 4.79 Å². The molecule has 0 aromatic rings. The molecule has 1 heterocycles. The van der Waals surface area contributed by atoms with Gasteiger partial charge in [-0.15, -0.1) is 0 Å². The summed E-state index contributed by atoms with van der Waals surface area (Å²) in [6, 6.07) is 0.212. The number of aliphatic hydroxyl groups excluding tert-OH is 1. The van der Waals surface area contributed by atoms with Crippen LogP contribution in [0.2, 0.25) is 0 Å². The Morgan fingerprint density at radius 2 is 2.17 bits per heavy atom. The van der Waals surface area contributed by atoms with Crippen LogP contribution >= 0.6 is 0 Å². The average molecular weight is 258 g/mol. The van der Waals surface area contributed by atoms with Gasteiger partial charge in [-0.1, -0.05) is 0 Å². The van der Waals surface area contributed by atoms with Gasteiger partial charge in [0.2, 0.25) is 0 Å². The van der Waals surface area contributed by atoms with Crippen LogP contribution in [0.25, 0.3) is 0 Å². The van der Waals surface area contributed by atoms with Crippen molar-refractivity contribution < 1.29 is 14.6 Å². The van der Waals surface area contributed by atoms with Gasteiger partial charge in [-0.2, -0.15) is 0 Å². The zero-order chi connectivity index (χ0) is 13.8. The minimum atomic E-state index is -0.454. The van der Waals surface area contributed by atoms with E-state index in [2.05, 4.69) is 10.2 Å². The van der Waals surface area contributed by atoms with Crippen molar-refractivity contribution >= 4 is 6.09 Å². The number of likely N-dealkylation sites (tertiary alicyclic amines) is 1. The summed E-state index contributed by atoms with van der Waals surface area (Å²) in [4.78, 5) is 13.7. The van der Waals surface area contributed by atoms with Gasteiger partial charge in [0.15, 0.2) is 0 Å². The molecule has 0 saturated carbocycles. The zero-order valence-corrected chi connectivity index (χ0v) is 11.9. The van der Waals surface area contributed by atoms with E-state index in [0.29, 0.717) is 12.5 Å². The van der Waals surface area contributed by atoms with Crippen molar-refractivity contribution in [3.8, 4) is 0 Å². The number of carbonyl (C=O) groups is 1. The van der Waals surface area contributed by atoms with Gasteiger partial charge in [0.25, 0.3) is 0 Å². The molecule has 2 unspecified atom stereocenters. The molecule has 1 rings (SSSR count). The highest BCUT2D eigenvalue weighted by molar-refractivity contribution is 5.67. The van der Waals surface area contributed by atoms with Gasteiger partial charge in [0.05, 0.1) is 6.61 Å². The maximum atomic E-state index is 11.5. The molecule has 0 bridgehead atoms. The Hall–Kier alpha value is -0.810. The fourth-order valence-corrected chi connectivity index (χ4v) is 2.19. The van der Waals surface area contributed by atoms with Crippen LogP contribution in [0, 0.1) is 5.92 Å². The summed E-state index contributed by atoms with van der Waals surface area (Å²) in [5.41, 5.74) is -0.454. The molecule has 106 valence electrons. The normalized spacial score (nSPS) is 25.8. The summed E-state index contributed by atoms with van der Waals surface area (Å²) in [7, 11) is 2.03. The third-order valence-electron chi connectivity index (χ3n) is 3.26. The molecular formula is C13H26N2O3. The van der Waals surface area contributed by atoms with Crippen LogP contribution in [-0.2, 0) is 4.74 Å². The number of alkyl carbamates (subject to hydrolysis) is 1. The molecule has 0 aromatic carbocycles. The topological polar surface area (TPSA) is 61.8 Å². The molecule has 1 aliphatic rings. The van der Waals surface area contributed by atoms with Crippen molar-refractivity contribution in [2.24, 2.45) is 5.92 Å². The van der Waals surface area contributed by atoms with Gasteiger partial charge in [0, 0.05) is 12.6 Å². The first kappa shape index (κ1) is 15.2. The lowest BCUT2D eigenvalue weighted by atomic mass is 9.91. The first-order valence-corrected chi connectivity index (χ1v) is 6.60. The molecule has 1 fully saturated rings. The summed E-state index contributed by atoms with van der Waals surface area (Å²) in [6.07, 6.45) is 1.60. The Morgan fingerprint density at radius 1 is 1.50 bits per heavy atom. The number of amides is 1. The molecule has 2 atom stereocenters. The summed E-state index contributed by atoms with van der Waals surface area (Å²) < 4.78 is 5.19. The fraction of sp³-hybridized carbons (Fsp3) is 0.923. The van der Waals surface area contributed by atoms with Crippen molar-refractivity contribution in [3.05, 3.63) is 0 Å². The van der Waals surface area contributed by atoms with Gasteiger partial charge in [-0.05, 0) is 53.1 Å². The quantitative estimate of drug-likeness (QED) is 0.799. The molecule has 1 amide bonds. The Kier molecular flexibility index (Phi) is 5.41. The third-order valence-corrected chi connectivity index (χ3v) is 3.26. The van der Waals surface area contributed by atoms with Crippen LogP contribution in [0.1, 0.15) is 33.6 Å². The predicted octanol–water partition coefficient (Wildman–Crippen LogP) is 1.21. The van der Waals surface area contributed by atoms with Crippen LogP contribution in [0.5, 0.6) is 0 Å². The summed E-state index contributed by atoms with van der Waals surface area (Å²) in [5.74, 6) is 0.422. The lowest BCUT2D eigenvalue weighted by Crippen LogP contribution is -2.45. The minimum Gasteiger partial charge on any atom is -0.444 e. The highest BCUT2D eigenvalue weighted by atomic mass is 16.6. The van der Waals surface area contributed by atoms with E-state index in [1.165, 1.54) is 0 Å². The van der Waals surface area contributed by atoms with Crippen LogP contribution in [0.3, 0.4) is 0 Å². The number of ether oxygens (including phenoxy) is 1. The molecule has 18 heavy (non-hydrogen) atoms. The number of rotatable bonds is 3. The third kappa shape index (κ3) is 5.23. The van der Waals surface area contributed by atoms with Crippen molar-refractivity contribution in [1.82, 2.24) is 10.2 Å². The van der Waals surface area contributed by atoms with Gasteiger partial charge in [0.1, 0.15) is 5.60 Å². The van der Waals surface area contributed by atoms with Gasteiger partial charge >= 0.3 is 6.09 Å². The Balaban J connectivity index is 2.29. The number of nitrogens with zero attached hydrogens (tertiary/aromatic N) is 1. The average Bonchev–Trinajstić information content (AvgIpc) is 2.25. The van der Waals surface area contributed by atoms with Gasteiger partial charge < -0.3 is 20.1 Å². The molecule has 0 aliphatic carbocycles. The minimum absolute atomic E-state index is 0.180. The fourth-order valence-electron chi connectivity index (χ4n) is 2.19. The summed E-state index contributed by atoms with van der Waals surface area (Å²) >= 11 is 0. The number of hydrogen-bond acceptors (Lipinski definition) is 4. The monoisotopic (exact) mass is 258 g/mol. The van der Waals surface area contributed by atoms with Crippen molar-refractivity contribution in [1.29, 1.82) is 0 Å². The summed E-state index contributed by atoms with van der Waals surface area (Å²) in [5, 5.41) is 12.1. The second-order valence-corrected chi connectivity index (χ2v) is 6.09. The van der Waals surface area contributed by atoms with E-state index >= 15 is 0 Å². The maximum absolute atomic E-state index is 11.5. The number of hydrogen-bond donors (Lipinski definition) is 2. The van der Waals surface area contributed by atoms with E-state index in [0.717, 1.165) is 19.4 Å². The molecule has 0 aromatic heterocycles. The second kappa shape index (κ2) is 6.38. The number of nitrogens with one attached hydrogen (secondary N) is 1. The molecule has 2 N–H and O–H groups in total. The highest BCUT2D eigenvalue weighted by Crippen LogP contribution is 2.20. The van der Waals surface area contributed by atoms with Crippen molar-refractivity contribution in [3.63, 3.8) is 0 Å². The van der Waals surface area contributed by atoms with Gasteiger partial charge in [-0.3, -0.25) is 0 Å². The van der Waals surface area contributed by atoms with E-state index in [1.54, 1.807) is 0 Å². The first-order valence-electron chi connectivity index (χ1n) is 6.60. The Labute approximate surface area is 109 Å². The van der Waals surface area contributed by atoms with E-state index in [1.807, 2.05) is 27.8 Å². The smallest absolute Gasteiger partial charge is 0.407 e. The van der Waals surface area contributed by atoms with E-state index < -0.39 is 5.60 Å². The molecule has 0 spiro atoms. The van der Waals surface area contributed by atoms with E-state index in [4.69, 9.17) is 4.74 Å². The van der Waals surface area contributed by atoms with E-state index in [9.17, 15) is 9.90 Å². The zero-order valence-electron chi connectivity index (χ0n) is 11.9. The number of likely N-dealkylation sites (N-methyl/N-ethyl adjacent to an activating group) is 1. The predicted molar refractivity (Wildman–Crippen MR) is 70.5 cm³/mol. The first-order chi connectivity index (χ1) is 8.31. The number of aliphatic hydroxyl groups is 1. The molecular weight excluding hydrogens is 232 g/mol. The van der Waals surface area contributed by atoms with Gasteiger partial charge in [-0.25, -0.2) is 4.79 Å². The second-order valence-electron chi connectivity index (χ2n) is 6.09. The highest BCUT2D eigenvalue weighted by Gasteiger charge is 2.26. The Morgan fingerprint density at radius 3 is 2.72 bits per heavy atom. The van der Waals surface area contributed by atoms with Crippen LogP contribution < -0.4 is 5.32 Å². The number of carbonyl (C=O) groups excluding carboxylic acids is 1. The SMILES string of the molecule is CN1CCC(CNC(=O)OC(C)(C)C)CC1CO. The Bertz CT molecular complexity index is 276. The summed E-state index contributed by atoms with van der Waals surface area (Å²) in [6.45, 7) is 7.32. The largest absolute Gasteiger partial charge is 0.444 e. The number of piperidine rings is 1. The van der Waals surface area contributed by atoms with Crippen molar-refractivity contribution in [2.45, 2.75) is 45.3 Å². The lowest BCUT2D eigenvalue weighted by Gasteiger charge is -2.36. The molecule has 1 aliphatic heterocycles. The molecule has 0 radical (unpaired) electrons. The van der Waals surface area contributed by atoms with E-state index in [-0.39, 0.29) is 18.7 Å². The molecule has 5 heteroatoms. The van der Waals surface area contributed by atoms with Crippen LogP contribution in [-0.4, -0.2) is 54.5 Å². The molecule has 1 saturated heterocycles. The van der Waals surface area contributed by atoms with Crippen molar-refractivity contribution in [2.75, 3.05) is 26.7 Å². The standard InChI is InChI=1S/C13H26N2O3/c1-13(2,3)18-12(17)14-8-10-5-6-15(4)11(7-10)9-16/h10-11,16H,5-9H2,1-4H3,(H,14,17). The lowest BCUT2D eigenvalue weighted by molar-refractivity contribution is 0.0486.